The van der Waals surface area contributed by atoms with E-state index in [4.69, 9.17) is 13.9 Å². The molecule has 1 unspecified atom stereocenters. The molecule has 0 radical (unpaired) electrons. The fourth-order valence-corrected chi connectivity index (χ4v) is 3.56. The highest BCUT2D eigenvalue weighted by molar-refractivity contribution is 6.15. The van der Waals surface area contributed by atoms with Gasteiger partial charge in [-0.25, -0.2) is 0 Å². The summed E-state index contributed by atoms with van der Waals surface area (Å²) in [6.45, 7) is 3.34. The Morgan fingerprint density at radius 3 is 2.71 bits per heavy atom. The molecule has 2 aliphatic heterocycles. The van der Waals surface area contributed by atoms with E-state index in [0.717, 1.165) is 12.8 Å². The van der Waals surface area contributed by atoms with Crippen LogP contribution in [-0.2, 0) is 4.79 Å². The predicted molar refractivity (Wildman–Crippen MR) is 99.5 cm³/mol. The van der Waals surface area contributed by atoms with E-state index in [2.05, 4.69) is 0 Å². The van der Waals surface area contributed by atoms with Crippen LogP contribution < -0.4 is 9.47 Å². The van der Waals surface area contributed by atoms with Gasteiger partial charge in [-0.05, 0) is 36.2 Å². The van der Waals surface area contributed by atoms with Crippen LogP contribution in [0.4, 0.5) is 0 Å². The second-order valence-electron chi connectivity index (χ2n) is 6.73. The molecule has 7 nitrogen and oxygen atoms in total. The van der Waals surface area contributed by atoms with Gasteiger partial charge in [0.2, 0.25) is 5.78 Å². The van der Waals surface area contributed by atoms with Crippen molar-refractivity contribution in [3.8, 4) is 11.5 Å². The molecule has 0 aliphatic carbocycles. The van der Waals surface area contributed by atoms with Gasteiger partial charge in [-0.2, -0.15) is 0 Å². The van der Waals surface area contributed by atoms with Crippen LogP contribution in [0.5, 0.6) is 11.5 Å². The van der Waals surface area contributed by atoms with Crippen LogP contribution in [0.3, 0.4) is 0 Å². The van der Waals surface area contributed by atoms with Crippen molar-refractivity contribution < 1.29 is 28.6 Å². The number of carbonyl (C=O) groups is 2. The summed E-state index contributed by atoms with van der Waals surface area (Å²) in [6, 6.07) is 7.71. The van der Waals surface area contributed by atoms with E-state index in [1.165, 1.54) is 17.2 Å². The van der Waals surface area contributed by atoms with Crippen LogP contribution >= 0.6 is 0 Å². The molecule has 0 saturated heterocycles. The predicted octanol–water partition coefficient (Wildman–Crippen LogP) is 3.43. The zero-order chi connectivity index (χ0) is 19.7. The highest BCUT2D eigenvalue weighted by Crippen LogP contribution is 2.42. The van der Waals surface area contributed by atoms with Gasteiger partial charge in [0, 0.05) is 6.54 Å². The topological polar surface area (TPSA) is 89.2 Å². The third-order valence-electron chi connectivity index (χ3n) is 4.93. The number of ketones is 1. The molecule has 0 fully saturated rings. The first-order valence-electron chi connectivity index (χ1n) is 9.33. The van der Waals surface area contributed by atoms with Gasteiger partial charge in [-0.3, -0.25) is 9.59 Å². The van der Waals surface area contributed by atoms with Crippen molar-refractivity contribution >= 4 is 11.7 Å². The van der Waals surface area contributed by atoms with Crippen LogP contribution in [0.15, 0.2) is 52.3 Å². The van der Waals surface area contributed by atoms with Crippen molar-refractivity contribution in [2.24, 2.45) is 0 Å². The molecule has 4 rings (SSSR count). The van der Waals surface area contributed by atoms with Crippen molar-refractivity contribution in [3.63, 3.8) is 0 Å². The molecule has 7 heteroatoms. The first kappa shape index (κ1) is 18.2. The third-order valence-corrected chi connectivity index (χ3v) is 4.93. The van der Waals surface area contributed by atoms with E-state index in [1.807, 2.05) is 6.92 Å². The Morgan fingerprint density at radius 1 is 1.21 bits per heavy atom. The van der Waals surface area contributed by atoms with Gasteiger partial charge in [-0.15, -0.1) is 0 Å². The fourth-order valence-electron chi connectivity index (χ4n) is 3.56. The molecule has 1 amide bonds. The number of carbonyl (C=O) groups excluding carboxylic acids is 2. The summed E-state index contributed by atoms with van der Waals surface area (Å²) >= 11 is 0. The van der Waals surface area contributed by atoms with Crippen LogP contribution in [0, 0.1) is 0 Å². The number of rotatable bonds is 6. The first-order valence-corrected chi connectivity index (χ1v) is 9.33. The third kappa shape index (κ3) is 3.02. The molecule has 1 atom stereocenters. The SMILES string of the molecule is CCCCN1C(=O)C(O)=C(C(=O)c2ccco2)C1c1ccc2c(c1)OCCO2. The van der Waals surface area contributed by atoms with Gasteiger partial charge in [0.05, 0.1) is 17.9 Å². The lowest BCUT2D eigenvalue weighted by atomic mass is 9.94. The molecule has 1 aromatic carbocycles. The smallest absolute Gasteiger partial charge is 0.290 e. The van der Waals surface area contributed by atoms with E-state index in [-0.39, 0.29) is 11.3 Å². The molecule has 3 heterocycles. The molecular formula is C21H21NO6. The summed E-state index contributed by atoms with van der Waals surface area (Å²) in [4.78, 5) is 27.3. The van der Waals surface area contributed by atoms with Gasteiger partial charge in [0.1, 0.15) is 13.2 Å². The molecule has 0 bridgehead atoms. The van der Waals surface area contributed by atoms with Crippen molar-refractivity contribution in [1.29, 1.82) is 0 Å². The number of amides is 1. The molecular weight excluding hydrogens is 362 g/mol. The number of fused-ring (bicyclic) bond motifs is 1. The second-order valence-corrected chi connectivity index (χ2v) is 6.73. The second kappa shape index (κ2) is 7.42. The van der Waals surface area contributed by atoms with Gasteiger partial charge < -0.3 is 23.9 Å². The number of Topliss-reactive ketones (excluding diaryl/α,β-unsaturated/α-hetero) is 1. The maximum Gasteiger partial charge on any atom is 0.290 e. The van der Waals surface area contributed by atoms with Gasteiger partial charge in [0.15, 0.2) is 23.0 Å². The number of aliphatic hydroxyl groups excluding tert-OH is 1. The summed E-state index contributed by atoms with van der Waals surface area (Å²) in [5.41, 5.74) is 0.695. The molecule has 0 spiro atoms. The van der Waals surface area contributed by atoms with E-state index in [1.54, 1.807) is 24.3 Å². The maximum atomic E-state index is 13.0. The minimum absolute atomic E-state index is 0.0210. The molecule has 1 aromatic heterocycles. The van der Waals surface area contributed by atoms with Crippen LogP contribution in [0.2, 0.25) is 0 Å². The number of hydrogen-bond acceptors (Lipinski definition) is 6. The van der Waals surface area contributed by atoms with Gasteiger partial charge >= 0.3 is 0 Å². The van der Waals surface area contributed by atoms with E-state index in [0.29, 0.717) is 36.8 Å². The van der Waals surface area contributed by atoms with Crippen LogP contribution in [-0.4, -0.2) is 41.5 Å². The molecule has 1 N–H and O–H groups in total. The van der Waals surface area contributed by atoms with E-state index < -0.39 is 23.5 Å². The standard InChI is InChI=1S/C21H21NO6/c1-2-3-8-22-18(13-6-7-14-16(12-13)28-11-10-27-14)17(20(24)21(22)25)19(23)15-5-4-9-26-15/h4-7,9,12,18,24H,2-3,8,10-11H2,1H3. The van der Waals surface area contributed by atoms with E-state index >= 15 is 0 Å². The molecule has 2 aromatic rings. The summed E-state index contributed by atoms with van der Waals surface area (Å²) in [5.74, 6) is -0.334. The summed E-state index contributed by atoms with van der Waals surface area (Å²) in [7, 11) is 0. The van der Waals surface area contributed by atoms with Crippen molar-refractivity contribution in [2.45, 2.75) is 25.8 Å². The lowest BCUT2D eigenvalue weighted by Gasteiger charge is -2.28. The molecule has 2 aliphatic rings. The Kier molecular flexibility index (Phi) is 4.81. The number of furan rings is 1. The average molecular weight is 383 g/mol. The fraction of sp³-hybridized carbons (Fsp3) is 0.333. The number of ether oxygens (including phenoxy) is 2. The summed E-state index contributed by atoms with van der Waals surface area (Å²) in [5, 5.41) is 10.5. The van der Waals surface area contributed by atoms with Gasteiger partial charge in [0.25, 0.3) is 5.91 Å². The summed E-state index contributed by atoms with van der Waals surface area (Å²) < 4.78 is 16.4. The molecule has 146 valence electrons. The number of benzene rings is 1. The minimum atomic E-state index is -0.715. The maximum absolute atomic E-state index is 13.0. The lowest BCUT2D eigenvalue weighted by molar-refractivity contribution is -0.129. The Balaban J connectivity index is 1.78. The first-order chi connectivity index (χ1) is 13.6. The zero-order valence-electron chi connectivity index (χ0n) is 15.5. The van der Waals surface area contributed by atoms with Crippen LogP contribution in [0.1, 0.15) is 41.9 Å². The van der Waals surface area contributed by atoms with Crippen molar-refractivity contribution in [2.75, 3.05) is 19.8 Å². The largest absolute Gasteiger partial charge is 0.503 e. The number of aliphatic hydroxyl groups is 1. The van der Waals surface area contributed by atoms with Gasteiger partial charge in [-0.1, -0.05) is 19.4 Å². The molecule has 28 heavy (non-hydrogen) atoms. The summed E-state index contributed by atoms with van der Waals surface area (Å²) in [6.07, 6.45) is 3.01. The zero-order valence-corrected chi connectivity index (χ0v) is 15.5. The molecule has 0 saturated carbocycles. The van der Waals surface area contributed by atoms with Crippen molar-refractivity contribution in [1.82, 2.24) is 4.90 Å². The lowest BCUT2D eigenvalue weighted by Crippen LogP contribution is -2.32. The number of hydrogen-bond donors (Lipinski definition) is 1. The monoisotopic (exact) mass is 383 g/mol. The average Bonchev–Trinajstić information content (AvgIpc) is 3.34. The number of unbranched alkanes of at least 4 members (excludes halogenated alkanes) is 1. The normalized spacial score (nSPS) is 18.7. The highest BCUT2D eigenvalue weighted by atomic mass is 16.6. The Hall–Kier alpha value is -3.22. The Morgan fingerprint density at radius 2 is 2.00 bits per heavy atom. The Labute approximate surface area is 162 Å². The highest BCUT2D eigenvalue weighted by Gasteiger charge is 2.44. The van der Waals surface area contributed by atoms with Crippen LogP contribution in [0.25, 0.3) is 0 Å². The number of nitrogens with zero attached hydrogens (tertiary/aromatic N) is 1. The minimum Gasteiger partial charge on any atom is -0.503 e. The Bertz CT molecular complexity index is 930. The quantitative estimate of drug-likeness (QED) is 0.769. The van der Waals surface area contributed by atoms with Crippen molar-refractivity contribution in [3.05, 3.63) is 59.3 Å². The van der Waals surface area contributed by atoms with E-state index in [9.17, 15) is 14.7 Å².